The van der Waals surface area contributed by atoms with Crippen LogP contribution in [0.15, 0.2) is 42.5 Å². The highest BCUT2D eigenvalue weighted by atomic mass is 35.5. The van der Waals surface area contributed by atoms with Gasteiger partial charge in [0.05, 0.1) is 10.6 Å². The second-order valence-electron chi connectivity index (χ2n) is 5.38. The molecule has 2 aromatic rings. The van der Waals surface area contributed by atoms with Crippen LogP contribution in [0.3, 0.4) is 0 Å². The van der Waals surface area contributed by atoms with Gasteiger partial charge in [-0.05, 0) is 37.6 Å². The second-order valence-corrected chi connectivity index (χ2v) is 6.22. The van der Waals surface area contributed by atoms with Crippen LogP contribution in [0.4, 0.5) is 0 Å². The Labute approximate surface area is 150 Å². The molecular formula is C18H17Cl2NO3. The molecule has 1 N–H and O–H groups in total. The van der Waals surface area contributed by atoms with Gasteiger partial charge in [0.15, 0.2) is 6.10 Å². The lowest BCUT2D eigenvalue weighted by Crippen LogP contribution is -2.35. The molecule has 1 atom stereocenters. The number of benzene rings is 2. The fourth-order valence-electron chi connectivity index (χ4n) is 1.97. The number of rotatable bonds is 5. The van der Waals surface area contributed by atoms with E-state index in [-0.39, 0.29) is 16.5 Å². The quantitative estimate of drug-likeness (QED) is 0.809. The number of carbonyl (C=O) groups is 2. The highest BCUT2D eigenvalue weighted by Crippen LogP contribution is 2.22. The lowest BCUT2D eigenvalue weighted by Gasteiger charge is -2.14. The van der Waals surface area contributed by atoms with Crippen LogP contribution in [0.1, 0.15) is 28.4 Å². The molecule has 0 aliphatic rings. The Morgan fingerprint density at radius 2 is 1.79 bits per heavy atom. The maximum absolute atomic E-state index is 12.1. The van der Waals surface area contributed by atoms with Crippen LogP contribution < -0.4 is 5.32 Å². The van der Waals surface area contributed by atoms with Crippen molar-refractivity contribution in [1.29, 1.82) is 0 Å². The summed E-state index contributed by atoms with van der Waals surface area (Å²) in [5, 5.41) is 3.33. The summed E-state index contributed by atoms with van der Waals surface area (Å²) in [6.45, 7) is 3.86. The number of amides is 1. The predicted octanol–water partition coefficient (Wildman–Crippen LogP) is 4.16. The van der Waals surface area contributed by atoms with Crippen LogP contribution in [-0.2, 0) is 16.1 Å². The zero-order valence-electron chi connectivity index (χ0n) is 13.3. The Hall–Kier alpha value is -2.04. The number of aryl methyl sites for hydroxylation is 1. The average Bonchev–Trinajstić information content (AvgIpc) is 2.53. The molecule has 0 radical (unpaired) electrons. The molecule has 4 nitrogen and oxygen atoms in total. The van der Waals surface area contributed by atoms with E-state index in [1.165, 1.54) is 25.1 Å². The van der Waals surface area contributed by atoms with Crippen LogP contribution in [0.25, 0.3) is 0 Å². The van der Waals surface area contributed by atoms with E-state index in [9.17, 15) is 9.59 Å². The molecule has 0 bridgehead atoms. The number of nitrogens with one attached hydrogen (secondary N) is 1. The molecule has 2 rings (SSSR count). The van der Waals surface area contributed by atoms with Gasteiger partial charge in [0.2, 0.25) is 0 Å². The van der Waals surface area contributed by atoms with Crippen molar-refractivity contribution in [1.82, 2.24) is 5.32 Å². The molecule has 24 heavy (non-hydrogen) atoms. The highest BCUT2D eigenvalue weighted by molar-refractivity contribution is 6.36. The first kappa shape index (κ1) is 18.3. The molecule has 0 unspecified atom stereocenters. The van der Waals surface area contributed by atoms with Gasteiger partial charge < -0.3 is 10.1 Å². The SMILES string of the molecule is Cc1ccc(CNC(=O)[C@@H](C)OC(=O)c2ccc(Cl)cc2Cl)cc1. The standard InChI is InChI=1S/C18H17Cl2NO3/c1-11-3-5-13(6-4-11)10-21-17(22)12(2)24-18(23)15-8-7-14(19)9-16(15)20/h3-9,12H,10H2,1-2H3,(H,21,22)/t12-/m1/s1. The van der Waals surface area contributed by atoms with Gasteiger partial charge in [0.1, 0.15) is 0 Å². The Kier molecular flexibility index (Phi) is 6.23. The van der Waals surface area contributed by atoms with Crippen molar-refractivity contribution in [3.8, 4) is 0 Å². The number of ether oxygens (including phenoxy) is 1. The minimum Gasteiger partial charge on any atom is -0.449 e. The molecule has 126 valence electrons. The van der Waals surface area contributed by atoms with E-state index in [1.54, 1.807) is 0 Å². The molecule has 0 saturated carbocycles. The number of halogens is 2. The average molecular weight is 366 g/mol. The third-order valence-electron chi connectivity index (χ3n) is 3.39. The van der Waals surface area contributed by atoms with Gasteiger partial charge in [0.25, 0.3) is 5.91 Å². The van der Waals surface area contributed by atoms with Crippen LogP contribution in [0.2, 0.25) is 10.0 Å². The van der Waals surface area contributed by atoms with E-state index in [0.29, 0.717) is 11.6 Å². The van der Waals surface area contributed by atoms with E-state index in [2.05, 4.69) is 5.32 Å². The van der Waals surface area contributed by atoms with Crippen molar-refractivity contribution in [2.45, 2.75) is 26.5 Å². The third kappa shape index (κ3) is 4.98. The molecule has 0 aromatic heterocycles. The summed E-state index contributed by atoms with van der Waals surface area (Å²) in [5.41, 5.74) is 2.28. The molecule has 0 aliphatic heterocycles. The van der Waals surface area contributed by atoms with E-state index in [0.717, 1.165) is 11.1 Å². The molecule has 0 spiro atoms. The summed E-state index contributed by atoms with van der Waals surface area (Å²) < 4.78 is 5.15. The molecule has 0 fully saturated rings. The summed E-state index contributed by atoms with van der Waals surface area (Å²) in [6, 6.07) is 12.2. The van der Waals surface area contributed by atoms with Crippen molar-refractivity contribution in [2.75, 3.05) is 0 Å². The van der Waals surface area contributed by atoms with E-state index < -0.39 is 12.1 Å². The maximum Gasteiger partial charge on any atom is 0.340 e. The van der Waals surface area contributed by atoms with Crippen molar-refractivity contribution in [3.63, 3.8) is 0 Å². The number of carbonyl (C=O) groups excluding carboxylic acids is 2. The number of hydrogen-bond acceptors (Lipinski definition) is 3. The lowest BCUT2D eigenvalue weighted by molar-refractivity contribution is -0.129. The van der Waals surface area contributed by atoms with Gasteiger partial charge in [-0.2, -0.15) is 0 Å². The first-order valence-corrected chi connectivity index (χ1v) is 8.11. The summed E-state index contributed by atoms with van der Waals surface area (Å²) in [5.74, 6) is -1.05. The zero-order chi connectivity index (χ0) is 17.7. The van der Waals surface area contributed by atoms with Crippen LogP contribution in [0.5, 0.6) is 0 Å². The molecule has 1 amide bonds. The summed E-state index contributed by atoms with van der Waals surface area (Å²) >= 11 is 11.7. The highest BCUT2D eigenvalue weighted by Gasteiger charge is 2.20. The molecule has 6 heteroatoms. The van der Waals surface area contributed by atoms with Gasteiger partial charge >= 0.3 is 5.97 Å². The first-order valence-electron chi connectivity index (χ1n) is 7.36. The van der Waals surface area contributed by atoms with Gasteiger partial charge in [-0.15, -0.1) is 0 Å². The normalized spacial score (nSPS) is 11.7. The Morgan fingerprint density at radius 3 is 2.42 bits per heavy atom. The van der Waals surface area contributed by atoms with E-state index >= 15 is 0 Å². The monoisotopic (exact) mass is 365 g/mol. The summed E-state index contributed by atoms with van der Waals surface area (Å²) in [6.07, 6.45) is -0.935. The minimum absolute atomic E-state index is 0.166. The van der Waals surface area contributed by atoms with Crippen molar-refractivity contribution < 1.29 is 14.3 Å². The third-order valence-corrected chi connectivity index (χ3v) is 3.94. The van der Waals surface area contributed by atoms with Gasteiger partial charge in [0, 0.05) is 11.6 Å². The number of hydrogen-bond donors (Lipinski definition) is 1. The fraction of sp³-hybridized carbons (Fsp3) is 0.222. The van der Waals surface area contributed by atoms with Crippen LogP contribution in [0, 0.1) is 6.92 Å². The first-order chi connectivity index (χ1) is 11.4. The smallest absolute Gasteiger partial charge is 0.340 e. The minimum atomic E-state index is -0.935. The zero-order valence-corrected chi connectivity index (χ0v) is 14.8. The van der Waals surface area contributed by atoms with Gasteiger partial charge in [-0.1, -0.05) is 53.0 Å². The lowest BCUT2D eigenvalue weighted by atomic mass is 10.1. The Morgan fingerprint density at radius 1 is 1.12 bits per heavy atom. The number of esters is 1. The predicted molar refractivity (Wildman–Crippen MR) is 94.4 cm³/mol. The summed E-state index contributed by atoms with van der Waals surface area (Å²) in [4.78, 5) is 24.1. The van der Waals surface area contributed by atoms with Crippen LogP contribution in [-0.4, -0.2) is 18.0 Å². The molecule has 2 aromatic carbocycles. The van der Waals surface area contributed by atoms with Crippen LogP contribution >= 0.6 is 23.2 Å². The molecule has 0 saturated heterocycles. The maximum atomic E-state index is 12.1. The van der Waals surface area contributed by atoms with Gasteiger partial charge in [-0.3, -0.25) is 4.79 Å². The molecule has 0 aliphatic carbocycles. The molecule has 0 heterocycles. The van der Waals surface area contributed by atoms with Crippen molar-refractivity contribution >= 4 is 35.1 Å². The Balaban J connectivity index is 1.90. The topological polar surface area (TPSA) is 55.4 Å². The van der Waals surface area contributed by atoms with Gasteiger partial charge in [-0.25, -0.2) is 4.79 Å². The Bertz CT molecular complexity index is 744. The summed E-state index contributed by atoms with van der Waals surface area (Å²) in [7, 11) is 0. The molecular weight excluding hydrogens is 349 g/mol. The van der Waals surface area contributed by atoms with E-state index in [1.807, 2.05) is 31.2 Å². The second kappa shape index (κ2) is 8.18. The van der Waals surface area contributed by atoms with E-state index in [4.69, 9.17) is 27.9 Å². The van der Waals surface area contributed by atoms with Crippen molar-refractivity contribution in [2.24, 2.45) is 0 Å². The van der Waals surface area contributed by atoms with Crippen molar-refractivity contribution in [3.05, 3.63) is 69.2 Å². The largest absolute Gasteiger partial charge is 0.449 e. The fourth-order valence-corrected chi connectivity index (χ4v) is 2.46.